The van der Waals surface area contributed by atoms with E-state index in [9.17, 15) is 4.79 Å². The van der Waals surface area contributed by atoms with Crippen molar-refractivity contribution in [2.75, 3.05) is 6.54 Å². The van der Waals surface area contributed by atoms with Crippen LogP contribution in [0, 0.1) is 0 Å². The van der Waals surface area contributed by atoms with Gasteiger partial charge in [-0.1, -0.05) is 19.1 Å². The molecule has 0 amide bonds. The van der Waals surface area contributed by atoms with Gasteiger partial charge < -0.3 is 10.3 Å². The van der Waals surface area contributed by atoms with Gasteiger partial charge in [-0.2, -0.15) is 5.10 Å². The minimum Gasteiger partial charge on any atom is -0.336 e. The zero-order chi connectivity index (χ0) is 24.6. The van der Waals surface area contributed by atoms with Gasteiger partial charge in [-0.15, -0.1) is 11.3 Å². The van der Waals surface area contributed by atoms with Crippen LogP contribution in [0.2, 0.25) is 0 Å². The number of pyridine rings is 2. The van der Waals surface area contributed by atoms with Crippen molar-refractivity contribution in [2.24, 2.45) is 0 Å². The Labute approximate surface area is 210 Å². The van der Waals surface area contributed by atoms with E-state index in [4.69, 9.17) is 9.97 Å². The minimum absolute atomic E-state index is 0.0633. The van der Waals surface area contributed by atoms with Crippen LogP contribution < -0.4 is 5.32 Å². The summed E-state index contributed by atoms with van der Waals surface area (Å²) in [5.41, 5.74) is 7.80. The van der Waals surface area contributed by atoms with E-state index in [0.717, 1.165) is 67.3 Å². The van der Waals surface area contributed by atoms with Gasteiger partial charge in [0.15, 0.2) is 17.3 Å². The fraction of sp³-hybridized carbons (Fsp3) is 0.148. The molecule has 0 saturated carbocycles. The molecule has 5 heterocycles. The van der Waals surface area contributed by atoms with E-state index in [1.165, 1.54) is 11.3 Å². The van der Waals surface area contributed by atoms with Crippen molar-refractivity contribution in [1.82, 2.24) is 35.5 Å². The summed E-state index contributed by atoms with van der Waals surface area (Å²) in [4.78, 5) is 31.2. The van der Waals surface area contributed by atoms with Crippen LogP contribution in [0.25, 0.3) is 55.3 Å². The molecule has 0 aliphatic carbocycles. The van der Waals surface area contributed by atoms with Crippen LogP contribution in [-0.2, 0) is 6.54 Å². The molecule has 0 fully saturated rings. The molecule has 9 heteroatoms. The summed E-state index contributed by atoms with van der Waals surface area (Å²) in [5, 5.41) is 10.9. The number of aromatic nitrogens is 6. The summed E-state index contributed by atoms with van der Waals surface area (Å²) >= 11 is 1.48. The maximum atomic E-state index is 11.8. The number of para-hydroxylation sites is 1. The predicted octanol–water partition coefficient (Wildman–Crippen LogP) is 5.60. The molecule has 0 spiro atoms. The number of fused-ring (bicyclic) bond motifs is 2. The molecule has 5 aromatic heterocycles. The molecule has 0 bridgehead atoms. The second-order valence-electron chi connectivity index (χ2n) is 8.53. The quantitative estimate of drug-likeness (QED) is 0.249. The van der Waals surface area contributed by atoms with Gasteiger partial charge in [0.2, 0.25) is 0 Å². The van der Waals surface area contributed by atoms with Crippen molar-refractivity contribution in [3.8, 4) is 33.2 Å². The number of aromatic amines is 2. The van der Waals surface area contributed by atoms with E-state index in [2.05, 4.69) is 38.5 Å². The lowest BCUT2D eigenvalue weighted by atomic mass is 10.1. The van der Waals surface area contributed by atoms with Gasteiger partial charge in [0.1, 0.15) is 5.52 Å². The van der Waals surface area contributed by atoms with Crippen LogP contribution in [0.1, 0.15) is 29.1 Å². The molecule has 6 aromatic rings. The molecule has 6 rings (SSSR count). The molecule has 0 aliphatic heterocycles. The van der Waals surface area contributed by atoms with E-state index >= 15 is 0 Å². The van der Waals surface area contributed by atoms with Crippen LogP contribution in [0.3, 0.4) is 0 Å². The molecule has 3 N–H and O–H groups in total. The first-order valence-corrected chi connectivity index (χ1v) is 12.5. The van der Waals surface area contributed by atoms with Crippen molar-refractivity contribution in [1.29, 1.82) is 0 Å². The fourth-order valence-electron chi connectivity index (χ4n) is 4.23. The lowest BCUT2D eigenvalue weighted by molar-refractivity contribution is 0.102. The van der Waals surface area contributed by atoms with Crippen molar-refractivity contribution in [3.63, 3.8) is 0 Å². The van der Waals surface area contributed by atoms with Crippen molar-refractivity contribution in [2.45, 2.75) is 20.4 Å². The van der Waals surface area contributed by atoms with Crippen molar-refractivity contribution < 1.29 is 4.79 Å². The van der Waals surface area contributed by atoms with E-state index in [1.54, 1.807) is 6.92 Å². The number of hydrogen-bond acceptors (Lipinski definition) is 7. The molecule has 0 radical (unpaired) electrons. The Morgan fingerprint density at radius 3 is 2.78 bits per heavy atom. The monoisotopic (exact) mass is 493 g/mol. The molecule has 0 unspecified atom stereocenters. The Morgan fingerprint density at radius 2 is 1.94 bits per heavy atom. The van der Waals surface area contributed by atoms with Crippen LogP contribution in [-0.4, -0.2) is 42.5 Å². The van der Waals surface area contributed by atoms with Gasteiger partial charge in [0, 0.05) is 34.9 Å². The number of ketones is 1. The molecular weight excluding hydrogens is 470 g/mol. The summed E-state index contributed by atoms with van der Waals surface area (Å²) in [7, 11) is 0. The third-order valence-corrected chi connectivity index (χ3v) is 7.25. The zero-order valence-electron chi connectivity index (χ0n) is 19.8. The Bertz CT molecular complexity index is 1730. The predicted molar refractivity (Wildman–Crippen MR) is 143 cm³/mol. The number of nitrogens with one attached hydrogen (secondary N) is 3. The number of benzene rings is 1. The summed E-state index contributed by atoms with van der Waals surface area (Å²) in [5.74, 6) is 0.698. The van der Waals surface area contributed by atoms with Crippen molar-refractivity contribution >= 4 is 39.2 Å². The lowest BCUT2D eigenvalue weighted by Gasteiger charge is -2.05. The summed E-state index contributed by atoms with van der Waals surface area (Å²) < 4.78 is 0. The third-order valence-electron chi connectivity index (χ3n) is 6.03. The number of thiophene rings is 1. The molecular formula is C27H23N7OS. The number of carbonyl (C=O) groups is 1. The Kier molecular flexibility index (Phi) is 5.63. The van der Waals surface area contributed by atoms with Crippen LogP contribution in [0.15, 0.2) is 60.9 Å². The first-order chi connectivity index (χ1) is 17.6. The van der Waals surface area contributed by atoms with E-state index in [-0.39, 0.29) is 5.78 Å². The summed E-state index contributed by atoms with van der Waals surface area (Å²) in [6, 6.07) is 15.9. The molecule has 0 atom stereocenters. The average Bonchev–Trinajstić information content (AvgIpc) is 3.64. The normalized spacial score (nSPS) is 11.5. The highest BCUT2D eigenvalue weighted by Crippen LogP contribution is 2.35. The average molecular weight is 494 g/mol. The minimum atomic E-state index is 0.0633. The standard InChI is InChI=1S/C27H23N7OS/c1-3-28-12-16-11-17(14-29-13-16)19-7-8-21-25(30-19)26(34-33-21)27-31-20-6-4-5-18(24(20)32-27)23-10-9-22(36-23)15(2)35/h4-11,13-14,28H,3,12H2,1-2H3,(H,31,32)(H,33,34). The topological polar surface area (TPSA) is 112 Å². The van der Waals surface area contributed by atoms with Gasteiger partial charge in [0.05, 0.1) is 27.1 Å². The van der Waals surface area contributed by atoms with Crippen LogP contribution in [0.5, 0.6) is 0 Å². The first-order valence-electron chi connectivity index (χ1n) is 11.7. The molecule has 178 valence electrons. The highest BCUT2D eigenvalue weighted by Gasteiger charge is 2.18. The number of rotatable bonds is 7. The van der Waals surface area contributed by atoms with E-state index in [0.29, 0.717) is 11.5 Å². The molecule has 0 aliphatic rings. The van der Waals surface area contributed by atoms with Gasteiger partial charge in [-0.05, 0) is 55.4 Å². The van der Waals surface area contributed by atoms with Gasteiger partial charge >= 0.3 is 0 Å². The molecule has 8 nitrogen and oxygen atoms in total. The lowest BCUT2D eigenvalue weighted by Crippen LogP contribution is -2.11. The number of imidazole rings is 1. The van der Waals surface area contributed by atoms with E-state index < -0.39 is 0 Å². The Balaban J connectivity index is 1.42. The van der Waals surface area contributed by atoms with E-state index in [1.807, 2.05) is 54.9 Å². The van der Waals surface area contributed by atoms with Crippen LogP contribution >= 0.6 is 11.3 Å². The number of carbonyl (C=O) groups excluding carboxylic acids is 1. The van der Waals surface area contributed by atoms with Crippen molar-refractivity contribution in [3.05, 3.63) is 71.4 Å². The van der Waals surface area contributed by atoms with Gasteiger partial charge in [-0.25, -0.2) is 9.97 Å². The third kappa shape index (κ3) is 3.98. The number of nitrogens with zero attached hydrogens (tertiary/aromatic N) is 4. The maximum absolute atomic E-state index is 11.8. The Hall–Kier alpha value is -4.21. The van der Waals surface area contributed by atoms with Gasteiger partial charge in [0.25, 0.3) is 0 Å². The second-order valence-corrected chi connectivity index (χ2v) is 9.62. The SMILES string of the molecule is CCNCc1cncc(-c2ccc3[nH]nc(-c4nc5c(-c6ccc(C(C)=O)s6)cccc5[nH]4)c3n2)c1. The number of H-pyrrole nitrogens is 2. The summed E-state index contributed by atoms with van der Waals surface area (Å²) in [6.45, 7) is 5.33. The second kappa shape index (κ2) is 9.10. The maximum Gasteiger partial charge on any atom is 0.169 e. The highest BCUT2D eigenvalue weighted by molar-refractivity contribution is 7.17. The number of hydrogen-bond donors (Lipinski definition) is 3. The van der Waals surface area contributed by atoms with Crippen LogP contribution in [0.4, 0.5) is 0 Å². The largest absolute Gasteiger partial charge is 0.336 e. The highest BCUT2D eigenvalue weighted by atomic mass is 32.1. The number of Topliss-reactive ketones (excluding diaryl/α,β-unsaturated/α-hetero) is 1. The molecule has 0 saturated heterocycles. The first kappa shape index (κ1) is 22.3. The smallest absolute Gasteiger partial charge is 0.169 e. The Morgan fingerprint density at radius 1 is 1.03 bits per heavy atom. The zero-order valence-corrected chi connectivity index (χ0v) is 20.6. The van der Waals surface area contributed by atoms with Gasteiger partial charge in [-0.3, -0.25) is 14.9 Å². The molecule has 1 aromatic carbocycles. The fourth-order valence-corrected chi connectivity index (χ4v) is 5.16. The summed E-state index contributed by atoms with van der Waals surface area (Å²) in [6.07, 6.45) is 3.69. The molecule has 36 heavy (non-hydrogen) atoms.